The minimum Gasteiger partial charge on any atom is -0.328 e. The normalized spacial score (nSPS) is 33.1. The first-order valence-electron chi connectivity index (χ1n) is 7.81. The molecule has 1 aromatic carbocycles. The van der Waals surface area contributed by atoms with Crippen molar-refractivity contribution in [2.24, 2.45) is 5.73 Å². The molecule has 2 saturated heterocycles. The van der Waals surface area contributed by atoms with Crippen molar-refractivity contribution < 1.29 is 0 Å². The zero-order valence-corrected chi connectivity index (χ0v) is 12.0. The summed E-state index contributed by atoms with van der Waals surface area (Å²) in [6.45, 7) is 2.40. The maximum absolute atomic E-state index is 6.21. The summed E-state index contributed by atoms with van der Waals surface area (Å²) in [7, 11) is 0. The molecule has 104 valence electrons. The molecular formula is C17H26N2. The molecule has 0 aromatic heterocycles. The van der Waals surface area contributed by atoms with Crippen molar-refractivity contribution in [1.29, 1.82) is 0 Å². The lowest BCUT2D eigenvalue weighted by atomic mass is 9.80. The van der Waals surface area contributed by atoms with E-state index in [2.05, 4.69) is 42.2 Å². The third-order valence-electron chi connectivity index (χ3n) is 4.95. The second-order valence-electron chi connectivity index (χ2n) is 6.46. The second-order valence-corrected chi connectivity index (χ2v) is 6.46. The fourth-order valence-electron chi connectivity index (χ4n) is 4.24. The Hall–Kier alpha value is -0.860. The number of benzene rings is 1. The molecule has 19 heavy (non-hydrogen) atoms. The summed E-state index contributed by atoms with van der Waals surface area (Å²) in [5, 5.41) is 0. The predicted octanol–water partition coefficient (Wildman–Crippen LogP) is 2.96. The average molecular weight is 258 g/mol. The van der Waals surface area contributed by atoms with E-state index in [1.807, 2.05) is 0 Å². The molecule has 2 heterocycles. The zero-order valence-electron chi connectivity index (χ0n) is 12.0. The van der Waals surface area contributed by atoms with Crippen LogP contribution in [0.4, 0.5) is 0 Å². The van der Waals surface area contributed by atoms with E-state index < -0.39 is 0 Å². The predicted molar refractivity (Wildman–Crippen MR) is 80.1 cm³/mol. The molecule has 2 bridgehead atoms. The maximum atomic E-state index is 6.21. The van der Waals surface area contributed by atoms with E-state index >= 15 is 0 Å². The van der Waals surface area contributed by atoms with Gasteiger partial charge in [0.05, 0.1) is 0 Å². The molecule has 1 aromatic rings. The summed E-state index contributed by atoms with van der Waals surface area (Å²) >= 11 is 0. The van der Waals surface area contributed by atoms with Crippen LogP contribution < -0.4 is 5.73 Å². The average Bonchev–Trinajstić information content (AvgIpc) is 2.38. The van der Waals surface area contributed by atoms with Gasteiger partial charge in [-0.15, -0.1) is 0 Å². The highest BCUT2D eigenvalue weighted by molar-refractivity contribution is 5.16. The molecule has 3 unspecified atom stereocenters. The van der Waals surface area contributed by atoms with E-state index in [4.69, 9.17) is 5.73 Å². The van der Waals surface area contributed by atoms with E-state index in [-0.39, 0.29) is 0 Å². The third-order valence-corrected chi connectivity index (χ3v) is 4.95. The van der Waals surface area contributed by atoms with Crippen LogP contribution in [-0.2, 0) is 6.42 Å². The SMILES string of the molecule is CC(Cc1ccccc1)N1C2CCCC1CC(N)C2. The molecule has 2 aliphatic rings. The first kappa shape index (κ1) is 13.1. The Morgan fingerprint density at radius 2 is 1.79 bits per heavy atom. The smallest absolute Gasteiger partial charge is 0.0116 e. The van der Waals surface area contributed by atoms with Gasteiger partial charge in [-0.25, -0.2) is 0 Å². The molecule has 2 nitrogen and oxygen atoms in total. The van der Waals surface area contributed by atoms with Gasteiger partial charge >= 0.3 is 0 Å². The second kappa shape index (κ2) is 5.64. The number of nitrogens with zero attached hydrogens (tertiary/aromatic N) is 1. The van der Waals surface area contributed by atoms with Crippen molar-refractivity contribution in [3.63, 3.8) is 0 Å². The Morgan fingerprint density at radius 3 is 2.42 bits per heavy atom. The Labute approximate surface area is 117 Å². The van der Waals surface area contributed by atoms with Gasteiger partial charge in [-0.1, -0.05) is 36.8 Å². The van der Waals surface area contributed by atoms with Gasteiger partial charge in [-0.2, -0.15) is 0 Å². The molecule has 0 spiro atoms. The quantitative estimate of drug-likeness (QED) is 0.903. The minimum atomic E-state index is 0.440. The monoisotopic (exact) mass is 258 g/mol. The van der Waals surface area contributed by atoms with Crippen LogP contribution >= 0.6 is 0 Å². The van der Waals surface area contributed by atoms with Crippen LogP contribution in [0, 0.1) is 0 Å². The van der Waals surface area contributed by atoms with Crippen molar-refractivity contribution in [3.05, 3.63) is 35.9 Å². The maximum Gasteiger partial charge on any atom is 0.0116 e. The van der Waals surface area contributed by atoms with Crippen LogP contribution in [0.5, 0.6) is 0 Å². The Kier molecular flexibility index (Phi) is 3.90. The molecule has 0 amide bonds. The van der Waals surface area contributed by atoms with Gasteiger partial charge in [-0.3, -0.25) is 4.90 Å². The fraction of sp³-hybridized carbons (Fsp3) is 0.647. The van der Waals surface area contributed by atoms with Crippen LogP contribution in [0.25, 0.3) is 0 Å². The van der Waals surface area contributed by atoms with Gasteiger partial charge in [0.2, 0.25) is 0 Å². The lowest BCUT2D eigenvalue weighted by Gasteiger charge is -2.51. The standard InChI is InChI=1S/C17H26N2/c1-13(10-14-6-3-2-4-7-14)19-16-8-5-9-17(19)12-15(18)11-16/h2-4,6-7,13,15-17H,5,8-12,18H2,1H3. The lowest BCUT2D eigenvalue weighted by molar-refractivity contribution is 0.000593. The van der Waals surface area contributed by atoms with E-state index in [9.17, 15) is 0 Å². The summed E-state index contributed by atoms with van der Waals surface area (Å²) in [4.78, 5) is 2.79. The molecule has 0 saturated carbocycles. The van der Waals surface area contributed by atoms with E-state index in [1.165, 1.54) is 44.1 Å². The van der Waals surface area contributed by atoms with Gasteiger partial charge in [0.1, 0.15) is 0 Å². The summed E-state index contributed by atoms with van der Waals surface area (Å²) in [5.41, 5.74) is 7.67. The van der Waals surface area contributed by atoms with E-state index in [0.717, 1.165) is 12.1 Å². The van der Waals surface area contributed by atoms with Crippen molar-refractivity contribution in [2.45, 2.75) is 69.6 Å². The number of fused-ring (bicyclic) bond motifs is 2. The van der Waals surface area contributed by atoms with Crippen LogP contribution in [-0.4, -0.2) is 29.1 Å². The molecule has 0 radical (unpaired) electrons. The zero-order chi connectivity index (χ0) is 13.2. The van der Waals surface area contributed by atoms with Gasteiger partial charge in [0, 0.05) is 24.2 Å². The van der Waals surface area contributed by atoms with Crippen molar-refractivity contribution >= 4 is 0 Å². The van der Waals surface area contributed by atoms with Gasteiger partial charge in [0.15, 0.2) is 0 Å². The van der Waals surface area contributed by atoms with Crippen molar-refractivity contribution in [1.82, 2.24) is 4.90 Å². The van der Waals surface area contributed by atoms with Crippen LogP contribution in [0.15, 0.2) is 30.3 Å². The molecule has 0 aliphatic carbocycles. The summed E-state index contributed by atoms with van der Waals surface area (Å²) < 4.78 is 0. The lowest BCUT2D eigenvalue weighted by Crippen LogP contribution is -2.58. The molecule has 2 heteroatoms. The Balaban J connectivity index is 1.70. The molecule has 2 N–H and O–H groups in total. The van der Waals surface area contributed by atoms with Crippen molar-refractivity contribution in [3.8, 4) is 0 Å². The van der Waals surface area contributed by atoms with Crippen LogP contribution in [0.2, 0.25) is 0 Å². The fourth-order valence-corrected chi connectivity index (χ4v) is 4.24. The van der Waals surface area contributed by atoms with Crippen LogP contribution in [0.3, 0.4) is 0 Å². The largest absolute Gasteiger partial charge is 0.328 e. The Morgan fingerprint density at radius 1 is 1.16 bits per heavy atom. The van der Waals surface area contributed by atoms with Crippen molar-refractivity contribution in [2.75, 3.05) is 0 Å². The topological polar surface area (TPSA) is 29.3 Å². The van der Waals surface area contributed by atoms with E-state index in [0.29, 0.717) is 12.1 Å². The number of hydrogen-bond donors (Lipinski definition) is 1. The minimum absolute atomic E-state index is 0.440. The van der Waals surface area contributed by atoms with Gasteiger partial charge in [0.25, 0.3) is 0 Å². The number of rotatable bonds is 3. The first-order valence-corrected chi connectivity index (χ1v) is 7.81. The van der Waals surface area contributed by atoms with E-state index in [1.54, 1.807) is 0 Å². The Bertz CT molecular complexity index is 389. The van der Waals surface area contributed by atoms with Gasteiger partial charge < -0.3 is 5.73 Å². The number of nitrogens with two attached hydrogens (primary N) is 1. The summed E-state index contributed by atoms with van der Waals surface area (Å²) in [6, 6.07) is 13.5. The summed E-state index contributed by atoms with van der Waals surface area (Å²) in [5.74, 6) is 0. The molecule has 2 fully saturated rings. The molecule has 3 atom stereocenters. The van der Waals surface area contributed by atoms with Gasteiger partial charge in [-0.05, 0) is 44.6 Å². The van der Waals surface area contributed by atoms with Crippen LogP contribution in [0.1, 0.15) is 44.6 Å². The third kappa shape index (κ3) is 2.85. The molecular weight excluding hydrogens is 232 g/mol. The highest BCUT2D eigenvalue weighted by Crippen LogP contribution is 2.35. The molecule has 2 aliphatic heterocycles. The highest BCUT2D eigenvalue weighted by Gasteiger charge is 2.39. The number of piperidine rings is 2. The number of hydrogen-bond acceptors (Lipinski definition) is 2. The first-order chi connectivity index (χ1) is 9.24. The molecule has 3 rings (SSSR count). The highest BCUT2D eigenvalue weighted by atomic mass is 15.2. The summed E-state index contributed by atoms with van der Waals surface area (Å²) in [6.07, 6.45) is 7.68.